The monoisotopic (exact) mass is 223 g/mol. The maximum Gasteiger partial charge on any atom is 0.0832 e. The van der Waals surface area contributed by atoms with Gasteiger partial charge >= 0.3 is 0 Å². The van der Waals surface area contributed by atoms with Gasteiger partial charge in [0, 0.05) is 25.9 Å². The van der Waals surface area contributed by atoms with Gasteiger partial charge in [-0.05, 0) is 38.2 Å². The summed E-state index contributed by atoms with van der Waals surface area (Å²) in [5, 5.41) is 4.26. The number of aryl methyl sites for hydroxylation is 1. The van der Waals surface area contributed by atoms with Crippen LogP contribution in [0.3, 0.4) is 0 Å². The van der Waals surface area contributed by atoms with Crippen molar-refractivity contribution >= 4 is 0 Å². The van der Waals surface area contributed by atoms with Crippen LogP contribution in [0.25, 0.3) is 0 Å². The fourth-order valence-corrected chi connectivity index (χ4v) is 2.38. The van der Waals surface area contributed by atoms with Crippen LogP contribution in [-0.4, -0.2) is 28.5 Å². The Morgan fingerprint density at radius 1 is 1.62 bits per heavy atom. The van der Waals surface area contributed by atoms with E-state index in [1.54, 1.807) is 7.11 Å². The van der Waals surface area contributed by atoms with E-state index in [4.69, 9.17) is 10.5 Å². The molecule has 90 valence electrons. The third-order valence-electron chi connectivity index (χ3n) is 3.75. The minimum Gasteiger partial charge on any atom is -0.377 e. The molecular formula is C12H21N3O. The van der Waals surface area contributed by atoms with Gasteiger partial charge in [0.25, 0.3) is 0 Å². The summed E-state index contributed by atoms with van der Waals surface area (Å²) in [5.74, 6) is 0. The maximum absolute atomic E-state index is 6.25. The topological polar surface area (TPSA) is 53.1 Å². The van der Waals surface area contributed by atoms with E-state index in [9.17, 15) is 0 Å². The highest BCUT2D eigenvalue weighted by Crippen LogP contribution is 2.38. The summed E-state index contributed by atoms with van der Waals surface area (Å²) in [4.78, 5) is 0. The first kappa shape index (κ1) is 11.6. The Kier molecular flexibility index (Phi) is 3.30. The fraction of sp³-hybridized carbons (Fsp3) is 0.750. The van der Waals surface area contributed by atoms with Gasteiger partial charge in [-0.1, -0.05) is 0 Å². The minimum absolute atomic E-state index is 0.0751. The highest BCUT2D eigenvalue weighted by molar-refractivity contribution is 5.10. The zero-order valence-corrected chi connectivity index (χ0v) is 10.1. The fourth-order valence-electron chi connectivity index (χ4n) is 2.38. The molecule has 1 saturated carbocycles. The molecule has 4 nitrogen and oxygen atoms in total. The summed E-state index contributed by atoms with van der Waals surface area (Å²) >= 11 is 0. The van der Waals surface area contributed by atoms with E-state index < -0.39 is 0 Å². The normalized spacial score (nSPS) is 20.4. The molecule has 0 bridgehead atoms. The van der Waals surface area contributed by atoms with Crippen LogP contribution in [0.5, 0.6) is 0 Å². The molecule has 1 fully saturated rings. The van der Waals surface area contributed by atoms with Crippen LogP contribution in [0, 0.1) is 0 Å². The van der Waals surface area contributed by atoms with Crippen LogP contribution in [0.4, 0.5) is 0 Å². The smallest absolute Gasteiger partial charge is 0.0832 e. The Bertz CT molecular complexity index is 338. The lowest BCUT2D eigenvalue weighted by atomic mass is 9.73. The number of methoxy groups -OCH3 is 1. The van der Waals surface area contributed by atoms with Gasteiger partial charge in [-0.3, -0.25) is 4.68 Å². The number of hydrogen-bond donors (Lipinski definition) is 1. The lowest BCUT2D eigenvalue weighted by Gasteiger charge is -2.45. The van der Waals surface area contributed by atoms with E-state index in [2.05, 4.69) is 18.2 Å². The highest BCUT2D eigenvalue weighted by atomic mass is 16.5. The third kappa shape index (κ3) is 1.99. The average molecular weight is 223 g/mol. The van der Waals surface area contributed by atoms with Gasteiger partial charge in [0.05, 0.1) is 11.8 Å². The Hall–Kier alpha value is -0.870. The van der Waals surface area contributed by atoms with Crippen molar-refractivity contribution in [2.24, 2.45) is 5.73 Å². The van der Waals surface area contributed by atoms with Gasteiger partial charge < -0.3 is 10.5 Å². The molecule has 1 atom stereocenters. The van der Waals surface area contributed by atoms with E-state index in [0.717, 1.165) is 25.8 Å². The second-order valence-electron chi connectivity index (χ2n) is 4.64. The van der Waals surface area contributed by atoms with Crippen LogP contribution < -0.4 is 5.73 Å². The van der Waals surface area contributed by atoms with E-state index in [1.165, 1.54) is 12.0 Å². The molecule has 0 saturated heterocycles. The van der Waals surface area contributed by atoms with Gasteiger partial charge in [0.15, 0.2) is 0 Å². The molecular weight excluding hydrogens is 202 g/mol. The molecule has 1 unspecified atom stereocenters. The predicted octanol–water partition coefficient (Wildman–Crippen LogP) is 1.34. The molecule has 1 aromatic rings. The number of ether oxygens (including phenoxy) is 1. The molecule has 1 aliphatic carbocycles. The van der Waals surface area contributed by atoms with Crippen molar-refractivity contribution in [2.75, 3.05) is 7.11 Å². The van der Waals surface area contributed by atoms with Gasteiger partial charge in [-0.25, -0.2) is 0 Å². The molecule has 0 aromatic carbocycles. The van der Waals surface area contributed by atoms with Crippen molar-refractivity contribution in [2.45, 2.75) is 50.8 Å². The van der Waals surface area contributed by atoms with E-state index in [1.807, 2.05) is 10.9 Å². The summed E-state index contributed by atoms with van der Waals surface area (Å²) in [6.07, 6.45) is 8.25. The summed E-state index contributed by atoms with van der Waals surface area (Å²) in [6, 6.07) is 0.0840. The number of nitrogens with two attached hydrogens (primary N) is 1. The first-order valence-electron chi connectivity index (χ1n) is 6.02. The molecule has 1 heterocycles. The summed E-state index contributed by atoms with van der Waals surface area (Å²) in [5.41, 5.74) is 7.38. The van der Waals surface area contributed by atoms with E-state index in [-0.39, 0.29) is 11.6 Å². The van der Waals surface area contributed by atoms with Gasteiger partial charge in [-0.2, -0.15) is 5.10 Å². The molecule has 0 radical (unpaired) electrons. The van der Waals surface area contributed by atoms with Crippen LogP contribution in [0.1, 0.15) is 31.7 Å². The van der Waals surface area contributed by atoms with Crippen LogP contribution in [-0.2, 0) is 17.7 Å². The van der Waals surface area contributed by atoms with Crippen molar-refractivity contribution < 1.29 is 4.74 Å². The summed E-state index contributed by atoms with van der Waals surface area (Å²) < 4.78 is 7.52. The van der Waals surface area contributed by atoms with Crippen LogP contribution in [0.2, 0.25) is 0 Å². The quantitative estimate of drug-likeness (QED) is 0.819. The Labute approximate surface area is 96.8 Å². The number of rotatable bonds is 5. The van der Waals surface area contributed by atoms with Crippen molar-refractivity contribution in [3.05, 3.63) is 18.0 Å². The first-order chi connectivity index (χ1) is 7.70. The zero-order valence-electron chi connectivity index (χ0n) is 10.1. The largest absolute Gasteiger partial charge is 0.377 e. The lowest BCUT2D eigenvalue weighted by molar-refractivity contribution is -0.0897. The molecule has 16 heavy (non-hydrogen) atoms. The van der Waals surface area contributed by atoms with Crippen molar-refractivity contribution in [3.63, 3.8) is 0 Å². The maximum atomic E-state index is 6.25. The Morgan fingerprint density at radius 3 is 2.81 bits per heavy atom. The predicted molar refractivity (Wildman–Crippen MR) is 63.2 cm³/mol. The molecule has 2 rings (SSSR count). The third-order valence-corrected chi connectivity index (χ3v) is 3.75. The summed E-state index contributed by atoms with van der Waals surface area (Å²) in [7, 11) is 1.77. The number of aromatic nitrogens is 2. The molecule has 1 aliphatic rings. The molecule has 1 aromatic heterocycles. The average Bonchev–Trinajstić information content (AvgIpc) is 2.64. The van der Waals surface area contributed by atoms with Crippen LogP contribution in [0.15, 0.2) is 12.4 Å². The second kappa shape index (κ2) is 4.55. The van der Waals surface area contributed by atoms with Crippen molar-refractivity contribution in [1.29, 1.82) is 0 Å². The van der Waals surface area contributed by atoms with Gasteiger partial charge in [-0.15, -0.1) is 0 Å². The first-order valence-corrected chi connectivity index (χ1v) is 6.02. The standard InChI is InChI=1S/C12H21N3O/c1-3-15-9-10(8-14-15)7-11(13)12(16-2)5-4-6-12/h8-9,11H,3-7,13H2,1-2H3. The van der Waals surface area contributed by atoms with Gasteiger partial charge in [0.1, 0.15) is 0 Å². The second-order valence-corrected chi connectivity index (χ2v) is 4.64. The molecule has 0 spiro atoms. The molecule has 0 aliphatic heterocycles. The number of nitrogens with zero attached hydrogens (tertiary/aromatic N) is 2. The Morgan fingerprint density at radius 2 is 2.38 bits per heavy atom. The van der Waals surface area contributed by atoms with E-state index >= 15 is 0 Å². The van der Waals surface area contributed by atoms with Gasteiger partial charge in [0.2, 0.25) is 0 Å². The molecule has 2 N–H and O–H groups in total. The van der Waals surface area contributed by atoms with Crippen molar-refractivity contribution in [1.82, 2.24) is 9.78 Å². The Balaban J connectivity index is 1.98. The minimum atomic E-state index is -0.0751. The van der Waals surface area contributed by atoms with Crippen LogP contribution >= 0.6 is 0 Å². The van der Waals surface area contributed by atoms with Crippen molar-refractivity contribution in [3.8, 4) is 0 Å². The number of hydrogen-bond acceptors (Lipinski definition) is 3. The zero-order chi connectivity index (χ0) is 11.6. The SMILES string of the molecule is CCn1cc(CC(N)C2(OC)CCC2)cn1. The summed E-state index contributed by atoms with van der Waals surface area (Å²) in [6.45, 7) is 2.99. The van der Waals surface area contributed by atoms with E-state index in [0.29, 0.717) is 0 Å². The molecule has 0 amide bonds. The lowest BCUT2D eigenvalue weighted by Crippen LogP contribution is -2.55. The highest BCUT2D eigenvalue weighted by Gasteiger charge is 2.42. The molecule has 4 heteroatoms.